The predicted molar refractivity (Wildman–Crippen MR) is 247 cm³/mol. The summed E-state index contributed by atoms with van der Waals surface area (Å²) in [4.78, 5) is 10.7. The van der Waals surface area contributed by atoms with Crippen molar-refractivity contribution in [2.45, 2.75) is 19.3 Å². The third kappa shape index (κ3) is 5.96. The molecule has 1 heterocycles. The third-order valence-electron chi connectivity index (χ3n) is 12.3. The number of hydrogen-bond donors (Lipinski definition) is 0. The molecule has 11 rings (SSSR count). The Morgan fingerprint density at radius 1 is 0.322 bits per heavy atom. The summed E-state index contributed by atoms with van der Waals surface area (Å²) in [5, 5.41) is 4.88. The summed E-state index contributed by atoms with van der Waals surface area (Å²) >= 11 is 0. The Hall–Kier alpha value is -7.42. The molecule has 0 N–H and O–H groups in total. The highest BCUT2D eigenvalue weighted by Gasteiger charge is 2.36. The van der Waals surface area contributed by atoms with Crippen LogP contribution in [0.15, 0.2) is 206 Å². The van der Waals surface area contributed by atoms with Crippen molar-refractivity contribution in [1.29, 1.82) is 0 Å². The van der Waals surface area contributed by atoms with E-state index in [0.29, 0.717) is 5.82 Å². The lowest BCUT2D eigenvalue weighted by molar-refractivity contribution is 0.661. The highest BCUT2D eigenvalue weighted by atomic mass is 14.9. The molecule has 0 amide bonds. The summed E-state index contributed by atoms with van der Waals surface area (Å²) in [5.74, 6) is 0.701. The van der Waals surface area contributed by atoms with Crippen molar-refractivity contribution >= 4 is 21.5 Å². The lowest BCUT2D eigenvalue weighted by atomic mass is 9.81. The Kier molecular flexibility index (Phi) is 8.20. The highest BCUT2D eigenvalue weighted by Crippen LogP contribution is 2.52. The quantitative estimate of drug-likeness (QED) is 0.169. The molecule has 9 aromatic carbocycles. The van der Waals surface area contributed by atoms with Gasteiger partial charge in [-0.15, -0.1) is 0 Å². The monoisotopic (exact) mass is 752 g/mol. The van der Waals surface area contributed by atoms with Crippen LogP contribution in [-0.2, 0) is 5.41 Å². The average Bonchev–Trinajstić information content (AvgIpc) is 3.54. The van der Waals surface area contributed by atoms with Crippen LogP contribution >= 0.6 is 0 Å². The zero-order valence-electron chi connectivity index (χ0n) is 33.0. The maximum atomic E-state index is 5.43. The van der Waals surface area contributed by atoms with Gasteiger partial charge in [-0.25, -0.2) is 9.97 Å². The van der Waals surface area contributed by atoms with Crippen molar-refractivity contribution in [3.8, 4) is 78.4 Å². The van der Waals surface area contributed by atoms with E-state index >= 15 is 0 Å². The molecule has 0 atom stereocenters. The van der Waals surface area contributed by atoms with E-state index in [-0.39, 0.29) is 5.41 Å². The molecule has 0 radical (unpaired) electrons. The van der Waals surface area contributed by atoms with Gasteiger partial charge in [0, 0.05) is 22.1 Å². The SMILES string of the molecule is CC1(C)c2ccc(-c3ccc(-c4nc(-c5ccccc5)cc(-c5cc(-c6ccccc6)cc(-c6ccccc6)c5)n4)c4ccccc34)cc2-c2c1ccc1ccccc21. The second-order valence-corrected chi connectivity index (χ2v) is 16.2. The maximum Gasteiger partial charge on any atom is 0.161 e. The van der Waals surface area contributed by atoms with Crippen molar-refractivity contribution in [3.63, 3.8) is 0 Å². The summed E-state index contributed by atoms with van der Waals surface area (Å²) in [6.07, 6.45) is 0. The van der Waals surface area contributed by atoms with Crippen LogP contribution in [-0.4, -0.2) is 9.97 Å². The molecule has 1 aliphatic carbocycles. The van der Waals surface area contributed by atoms with Gasteiger partial charge in [0.25, 0.3) is 0 Å². The first-order valence-corrected chi connectivity index (χ1v) is 20.4. The molecular weight excluding hydrogens is 713 g/mol. The molecule has 2 nitrogen and oxygen atoms in total. The molecule has 59 heavy (non-hydrogen) atoms. The van der Waals surface area contributed by atoms with Crippen LogP contribution < -0.4 is 0 Å². The van der Waals surface area contributed by atoms with Gasteiger partial charge >= 0.3 is 0 Å². The Morgan fingerprint density at radius 3 is 1.49 bits per heavy atom. The largest absolute Gasteiger partial charge is 0.228 e. The fraction of sp³-hybridized carbons (Fsp3) is 0.0526. The molecule has 0 saturated heterocycles. The zero-order chi connectivity index (χ0) is 39.5. The topological polar surface area (TPSA) is 25.8 Å². The second-order valence-electron chi connectivity index (χ2n) is 16.2. The fourth-order valence-electron chi connectivity index (χ4n) is 9.28. The minimum absolute atomic E-state index is 0.0829. The van der Waals surface area contributed by atoms with Crippen LogP contribution in [0, 0.1) is 0 Å². The molecule has 0 unspecified atom stereocenters. The predicted octanol–water partition coefficient (Wildman–Crippen LogP) is 15.1. The fourth-order valence-corrected chi connectivity index (χ4v) is 9.28. The zero-order valence-corrected chi connectivity index (χ0v) is 33.0. The van der Waals surface area contributed by atoms with Crippen molar-refractivity contribution in [2.75, 3.05) is 0 Å². The van der Waals surface area contributed by atoms with E-state index in [2.05, 4.69) is 220 Å². The lowest BCUT2D eigenvalue weighted by Gasteiger charge is -2.21. The number of aromatic nitrogens is 2. The van der Waals surface area contributed by atoms with Gasteiger partial charge < -0.3 is 0 Å². The second kappa shape index (κ2) is 13.9. The van der Waals surface area contributed by atoms with E-state index in [1.54, 1.807) is 0 Å². The summed E-state index contributed by atoms with van der Waals surface area (Å²) in [5.41, 5.74) is 17.2. The van der Waals surface area contributed by atoms with Crippen LogP contribution in [0.5, 0.6) is 0 Å². The van der Waals surface area contributed by atoms with Crippen molar-refractivity contribution < 1.29 is 0 Å². The number of fused-ring (bicyclic) bond motifs is 6. The third-order valence-corrected chi connectivity index (χ3v) is 12.3. The minimum Gasteiger partial charge on any atom is -0.228 e. The van der Waals surface area contributed by atoms with Gasteiger partial charge in [0.05, 0.1) is 11.4 Å². The van der Waals surface area contributed by atoms with Crippen molar-refractivity contribution in [1.82, 2.24) is 9.97 Å². The maximum absolute atomic E-state index is 5.43. The first-order chi connectivity index (χ1) is 29.0. The van der Waals surface area contributed by atoms with Gasteiger partial charge in [0.1, 0.15) is 0 Å². The summed E-state index contributed by atoms with van der Waals surface area (Å²) < 4.78 is 0. The first-order valence-electron chi connectivity index (χ1n) is 20.4. The molecule has 1 aliphatic rings. The van der Waals surface area contributed by atoms with E-state index in [1.165, 1.54) is 49.5 Å². The Morgan fingerprint density at radius 2 is 0.831 bits per heavy atom. The molecule has 0 fully saturated rings. The van der Waals surface area contributed by atoms with Gasteiger partial charge in [-0.05, 0) is 114 Å². The molecule has 0 spiro atoms. The van der Waals surface area contributed by atoms with Crippen LogP contribution in [0.2, 0.25) is 0 Å². The van der Waals surface area contributed by atoms with Crippen LogP contribution in [0.3, 0.4) is 0 Å². The van der Waals surface area contributed by atoms with E-state index in [9.17, 15) is 0 Å². The average molecular weight is 753 g/mol. The van der Waals surface area contributed by atoms with Gasteiger partial charge in [-0.3, -0.25) is 0 Å². The number of hydrogen-bond acceptors (Lipinski definition) is 2. The Balaban J connectivity index is 1.09. The first kappa shape index (κ1) is 34.8. The molecule has 0 saturated carbocycles. The summed E-state index contributed by atoms with van der Waals surface area (Å²) in [6, 6.07) is 74.3. The number of nitrogens with zero attached hydrogens (tertiary/aromatic N) is 2. The number of benzene rings is 9. The van der Waals surface area contributed by atoms with Crippen LogP contribution in [0.25, 0.3) is 100.0 Å². The normalized spacial score (nSPS) is 12.7. The molecule has 10 aromatic rings. The highest BCUT2D eigenvalue weighted by molar-refractivity contribution is 6.07. The van der Waals surface area contributed by atoms with Crippen molar-refractivity contribution in [2.24, 2.45) is 0 Å². The Labute approximate surface area is 345 Å². The van der Waals surface area contributed by atoms with Gasteiger partial charge in [-0.1, -0.05) is 184 Å². The van der Waals surface area contributed by atoms with Gasteiger partial charge in [0.2, 0.25) is 0 Å². The molecule has 0 bridgehead atoms. The van der Waals surface area contributed by atoms with E-state index in [0.717, 1.165) is 55.7 Å². The molecule has 1 aromatic heterocycles. The summed E-state index contributed by atoms with van der Waals surface area (Å²) in [7, 11) is 0. The van der Waals surface area contributed by atoms with Gasteiger partial charge in [0.15, 0.2) is 5.82 Å². The standard InChI is InChI=1S/C57H40N2/c1-57(2)51-30-27-41(35-50(51)55-46-23-13-12-20-39(46)26-31-52(55)57)45-28-29-49(48-25-15-14-24-47(45)48)56-58-53(40-21-10-5-11-22-40)36-54(59-56)44-33-42(37-16-6-3-7-17-37)32-43(34-44)38-18-8-4-9-19-38/h3-36H,1-2H3. The molecule has 278 valence electrons. The summed E-state index contributed by atoms with van der Waals surface area (Å²) in [6.45, 7) is 4.71. The smallest absolute Gasteiger partial charge is 0.161 e. The number of rotatable bonds is 6. The molecular formula is C57H40N2. The van der Waals surface area contributed by atoms with E-state index in [4.69, 9.17) is 9.97 Å². The van der Waals surface area contributed by atoms with Crippen LogP contribution in [0.4, 0.5) is 0 Å². The van der Waals surface area contributed by atoms with Crippen molar-refractivity contribution in [3.05, 3.63) is 217 Å². The molecule has 0 aliphatic heterocycles. The van der Waals surface area contributed by atoms with Gasteiger partial charge in [-0.2, -0.15) is 0 Å². The molecule has 2 heteroatoms. The minimum atomic E-state index is -0.0829. The van der Waals surface area contributed by atoms with E-state index in [1.807, 2.05) is 0 Å². The van der Waals surface area contributed by atoms with E-state index < -0.39 is 0 Å². The van der Waals surface area contributed by atoms with Crippen LogP contribution in [0.1, 0.15) is 25.0 Å². The Bertz CT molecular complexity index is 3160. The lowest BCUT2D eigenvalue weighted by Crippen LogP contribution is -2.14.